The monoisotopic (exact) mass is 727 g/mol. The van der Waals surface area contributed by atoms with Crippen LogP contribution in [0.5, 0.6) is 0 Å². The first kappa shape index (κ1) is 45.9. The highest BCUT2D eigenvalue weighted by Crippen LogP contribution is 2.35. The maximum absolute atomic E-state index is 5.27. The summed E-state index contributed by atoms with van der Waals surface area (Å²) in [5.74, 6) is 16.6. The number of fused-ring (bicyclic) bond motifs is 1. The highest BCUT2D eigenvalue weighted by atomic mass is 32.1. The number of aromatic nitrogens is 3. The highest BCUT2D eigenvalue weighted by Gasteiger charge is 2.13. The fourth-order valence-corrected chi connectivity index (χ4v) is 7.06. The summed E-state index contributed by atoms with van der Waals surface area (Å²) < 4.78 is 3.45. The van der Waals surface area contributed by atoms with Gasteiger partial charge in [-0.2, -0.15) is 5.10 Å². The zero-order chi connectivity index (χ0) is 38.2. The summed E-state index contributed by atoms with van der Waals surface area (Å²) >= 11 is 5.48. The van der Waals surface area contributed by atoms with Crippen molar-refractivity contribution in [2.75, 3.05) is 5.84 Å². The third-order valence-corrected chi connectivity index (χ3v) is 10.1. The number of thiophene rings is 3. The molecule has 0 saturated carbocycles. The van der Waals surface area contributed by atoms with Gasteiger partial charge in [0, 0.05) is 48.3 Å². The molecular weight excluding hydrogens is 669 g/mol. The van der Waals surface area contributed by atoms with Crippen LogP contribution in [-0.2, 0) is 0 Å². The lowest BCUT2D eigenvalue weighted by Gasteiger charge is -1.95. The smallest absolute Gasteiger partial charge is 0.199 e. The average molecular weight is 728 g/mol. The Kier molecular flexibility index (Phi) is 23.6. The molecule has 6 aromatic rings. The summed E-state index contributed by atoms with van der Waals surface area (Å²) in [7, 11) is 0. The van der Waals surface area contributed by atoms with E-state index < -0.39 is 0 Å². The number of hydrogen-bond acceptors (Lipinski definition) is 5. The third kappa shape index (κ3) is 16.0. The highest BCUT2D eigenvalue weighted by molar-refractivity contribution is 7.15. The van der Waals surface area contributed by atoms with Gasteiger partial charge in [0.05, 0.1) is 16.1 Å². The van der Waals surface area contributed by atoms with Crippen molar-refractivity contribution in [2.45, 2.75) is 104 Å². The van der Waals surface area contributed by atoms with Crippen molar-refractivity contribution in [2.24, 2.45) is 0 Å². The predicted octanol–water partition coefficient (Wildman–Crippen LogP) is 12.2. The van der Waals surface area contributed by atoms with Gasteiger partial charge in [-0.05, 0) is 123 Å². The molecule has 0 bridgehead atoms. The fraction of sp³-hybridized carbons (Fsp3) is 0.349. The van der Waals surface area contributed by atoms with E-state index in [1.54, 1.807) is 23.7 Å². The van der Waals surface area contributed by atoms with E-state index in [4.69, 9.17) is 5.84 Å². The van der Waals surface area contributed by atoms with Crippen molar-refractivity contribution in [3.8, 4) is 34.1 Å². The second-order valence-electron chi connectivity index (χ2n) is 10.5. The van der Waals surface area contributed by atoms with Gasteiger partial charge in [-0.3, -0.25) is 0 Å². The molecule has 50 heavy (non-hydrogen) atoms. The first-order chi connectivity index (χ1) is 23.9. The normalized spacial score (nSPS) is 8.86. The maximum Gasteiger partial charge on any atom is 0.199 e. The van der Waals surface area contributed by atoms with Crippen molar-refractivity contribution in [1.29, 1.82) is 0 Å². The van der Waals surface area contributed by atoms with Gasteiger partial charge in [0.2, 0.25) is 0 Å². The van der Waals surface area contributed by atoms with Crippen molar-refractivity contribution < 1.29 is 4.68 Å². The Balaban J connectivity index is 0.000000630. The van der Waals surface area contributed by atoms with Crippen LogP contribution in [0.1, 0.15) is 95.2 Å². The number of rotatable bonds is 1. The van der Waals surface area contributed by atoms with Gasteiger partial charge >= 0.3 is 0 Å². The second-order valence-corrected chi connectivity index (χ2v) is 14.5. The Morgan fingerprint density at radius 2 is 1.18 bits per heavy atom. The Hall–Kier alpha value is -4.14. The van der Waals surface area contributed by atoms with Crippen LogP contribution in [0.25, 0.3) is 16.0 Å². The van der Waals surface area contributed by atoms with Crippen LogP contribution in [0.4, 0.5) is 0 Å². The summed E-state index contributed by atoms with van der Waals surface area (Å²) in [6.07, 6.45) is 5.55. The van der Waals surface area contributed by atoms with Gasteiger partial charge in [-0.1, -0.05) is 50.4 Å². The predicted molar refractivity (Wildman–Crippen MR) is 226 cm³/mol. The Bertz CT molecular complexity index is 1870. The minimum atomic E-state index is 1.09. The minimum absolute atomic E-state index is 1.09. The second kappa shape index (κ2) is 25.8. The molecule has 0 amide bonds. The fourth-order valence-electron chi connectivity index (χ4n) is 4.05. The van der Waals surface area contributed by atoms with Crippen molar-refractivity contribution in [3.63, 3.8) is 0 Å². The molecule has 4 nitrogen and oxygen atoms in total. The molecule has 0 aliphatic rings. The standard InChI is InChI=1S/C14H14N2S.C9H10S.C7H10S.C5H7N2.C4H6.2C2H6/c1-9-8-13(17-11(9)3)14-10(2)15-16-7-5-4-6-12(14)16;1-4-5-9-6-7(2)8(3)10-9;1-5-4-6(2)8-7(5)3;6-7-4-2-1-3-5-7;1-3-4-2;2*1-2/h4-8H,1-3H3;6H,1-3H3;4H,1-3H3;1-5H,6H2;1-2H3;2*1-2H3/q;;;+1;;;. The third-order valence-electron chi connectivity index (χ3n) is 6.82. The van der Waals surface area contributed by atoms with Gasteiger partial charge in [-0.15, -0.1) is 51.8 Å². The molecule has 0 aliphatic carbocycles. The molecule has 0 radical (unpaired) electrons. The van der Waals surface area contributed by atoms with Crippen LogP contribution in [0.3, 0.4) is 0 Å². The van der Waals surface area contributed by atoms with Crippen LogP contribution >= 0.6 is 34.0 Å². The van der Waals surface area contributed by atoms with Crippen LogP contribution in [-0.4, -0.2) is 9.61 Å². The lowest BCUT2D eigenvalue weighted by atomic mass is 10.1. The average Bonchev–Trinajstić information content (AvgIpc) is 3.82. The van der Waals surface area contributed by atoms with Crippen LogP contribution in [0, 0.1) is 79.1 Å². The topological polar surface area (TPSA) is 47.2 Å². The first-order valence-electron chi connectivity index (χ1n) is 17.0. The summed E-state index contributed by atoms with van der Waals surface area (Å²) in [4.78, 5) is 8.12. The summed E-state index contributed by atoms with van der Waals surface area (Å²) in [6.45, 7) is 30.6. The Morgan fingerprint density at radius 1 is 0.640 bits per heavy atom. The first-order valence-corrected chi connectivity index (χ1v) is 19.5. The van der Waals surface area contributed by atoms with Crippen molar-refractivity contribution >= 4 is 39.5 Å². The molecule has 2 N–H and O–H groups in total. The molecule has 0 unspecified atom stereocenters. The van der Waals surface area contributed by atoms with Gasteiger partial charge < -0.3 is 0 Å². The summed E-state index contributed by atoms with van der Waals surface area (Å²) in [6, 6.07) is 18.5. The molecular formula is C43H59N4S3+. The molecule has 0 aliphatic heterocycles. The quantitative estimate of drug-likeness (QED) is 0.104. The van der Waals surface area contributed by atoms with Crippen molar-refractivity contribution in [1.82, 2.24) is 9.61 Å². The molecule has 0 atom stereocenters. The number of aryl methyl sites for hydroxylation is 8. The zero-order valence-electron chi connectivity index (χ0n) is 33.1. The Labute approximate surface area is 316 Å². The molecule has 6 rings (SSSR count). The number of pyridine rings is 2. The molecule has 0 saturated heterocycles. The van der Waals surface area contributed by atoms with Crippen LogP contribution in [0.2, 0.25) is 0 Å². The Morgan fingerprint density at radius 3 is 1.56 bits per heavy atom. The lowest BCUT2D eigenvalue weighted by molar-refractivity contribution is -0.638. The SMILES string of the molecule is CC.CC.CC#CC.CC#Cc1cc(C)c(C)s1.Cc1cc(-c2c(C)nn3ccccc23)sc1C.Cc1cc(C)c(C)s1.N[n+]1ccccc1. The molecule has 6 aromatic heterocycles. The maximum atomic E-state index is 5.27. The zero-order valence-corrected chi connectivity index (χ0v) is 35.5. The van der Waals surface area contributed by atoms with Crippen molar-refractivity contribution in [3.05, 3.63) is 120 Å². The molecule has 0 fully saturated rings. The largest absolute Gasteiger partial charge is 0.240 e. The van der Waals surface area contributed by atoms with E-state index in [0.717, 1.165) is 5.69 Å². The van der Waals surface area contributed by atoms with E-state index in [1.807, 2.05) is 106 Å². The lowest BCUT2D eigenvalue weighted by Crippen LogP contribution is -2.42. The van der Waals surface area contributed by atoms with Gasteiger partial charge in [0.15, 0.2) is 12.4 Å². The summed E-state index contributed by atoms with van der Waals surface area (Å²) in [5, 5.41) is 4.55. The number of nitrogen functional groups attached to an aromatic ring is 1. The minimum Gasteiger partial charge on any atom is -0.240 e. The van der Waals surface area contributed by atoms with E-state index in [2.05, 4.69) is 115 Å². The number of nitrogens with zero attached hydrogens (tertiary/aromatic N) is 3. The number of hydrogen-bond donors (Lipinski definition) is 1. The van der Waals surface area contributed by atoms with Crippen LogP contribution in [0.15, 0.2) is 73.2 Å². The molecule has 7 heteroatoms. The van der Waals surface area contributed by atoms with Crippen LogP contribution < -0.4 is 10.5 Å². The molecule has 6 heterocycles. The molecule has 0 spiro atoms. The van der Waals surface area contributed by atoms with Gasteiger partial charge in [0.1, 0.15) is 0 Å². The number of nitrogens with two attached hydrogens (primary N) is 1. The van der Waals surface area contributed by atoms with E-state index in [0.29, 0.717) is 0 Å². The molecule has 268 valence electrons. The van der Waals surface area contributed by atoms with E-state index in [-0.39, 0.29) is 0 Å². The van der Waals surface area contributed by atoms with Gasteiger partial charge in [-0.25, -0.2) is 10.4 Å². The van der Waals surface area contributed by atoms with E-state index >= 15 is 0 Å². The van der Waals surface area contributed by atoms with E-state index in [9.17, 15) is 0 Å². The molecule has 0 aromatic carbocycles. The summed E-state index contributed by atoms with van der Waals surface area (Å²) in [5.41, 5.74) is 7.69. The van der Waals surface area contributed by atoms with Gasteiger partial charge in [0.25, 0.3) is 0 Å². The van der Waals surface area contributed by atoms with E-state index in [1.165, 1.54) is 61.7 Å².